The summed E-state index contributed by atoms with van der Waals surface area (Å²) in [5.74, 6) is 0.730. The van der Waals surface area contributed by atoms with E-state index >= 15 is 0 Å². The van der Waals surface area contributed by atoms with Crippen LogP contribution in [0.3, 0.4) is 0 Å². The molecule has 1 N–H and O–H groups in total. The average molecular weight is 276 g/mol. The summed E-state index contributed by atoms with van der Waals surface area (Å²) < 4.78 is 2.10. The molecule has 0 radical (unpaired) electrons. The minimum absolute atomic E-state index is 0.542. The van der Waals surface area contributed by atoms with Crippen LogP contribution in [0, 0.1) is 5.92 Å². The van der Waals surface area contributed by atoms with Crippen molar-refractivity contribution in [3.63, 3.8) is 0 Å². The monoisotopic (exact) mass is 276 g/mol. The SMILES string of the molecule is CCCn1cc(C2C(CNC3CC3)CCCN2C)cn1. The van der Waals surface area contributed by atoms with Crippen molar-refractivity contribution in [2.24, 2.45) is 5.92 Å². The summed E-state index contributed by atoms with van der Waals surface area (Å²) in [6.45, 7) is 5.61. The largest absolute Gasteiger partial charge is 0.314 e. The Labute approximate surface area is 122 Å². The molecule has 20 heavy (non-hydrogen) atoms. The first-order valence-corrected chi connectivity index (χ1v) is 8.24. The Hall–Kier alpha value is -0.870. The highest BCUT2D eigenvalue weighted by atomic mass is 15.3. The zero-order chi connectivity index (χ0) is 13.9. The Morgan fingerprint density at radius 2 is 2.20 bits per heavy atom. The Balaban J connectivity index is 1.69. The predicted molar refractivity (Wildman–Crippen MR) is 81.6 cm³/mol. The van der Waals surface area contributed by atoms with Crippen LogP contribution in [0.15, 0.2) is 12.4 Å². The highest BCUT2D eigenvalue weighted by Gasteiger charge is 2.32. The van der Waals surface area contributed by atoms with E-state index in [1.807, 2.05) is 0 Å². The minimum atomic E-state index is 0.542. The van der Waals surface area contributed by atoms with Gasteiger partial charge >= 0.3 is 0 Å². The third kappa shape index (κ3) is 3.23. The van der Waals surface area contributed by atoms with Gasteiger partial charge in [0.15, 0.2) is 0 Å². The first kappa shape index (κ1) is 14.1. The zero-order valence-electron chi connectivity index (χ0n) is 12.9. The van der Waals surface area contributed by atoms with Gasteiger partial charge in [0.2, 0.25) is 0 Å². The molecule has 1 aliphatic carbocycles. The molecule has 4 nitrogen and oxygen atoms in total. The molecular weight excluding hydrogens is 248 g/mol. The molecule has 0 aromatic carbocycles. The number of hydrogen-bond acceptors (Lipinski definition) is 3. The standard InChI is InChI=1S/C16H28N4/c1-3-8-20-12-14(11-18-20)16-13(5-4-9-19(16)2)10-17-15-6-7-15/h11-13,15-17H,3-10H2,1-2H3. The number of aryl methyl sites for hydroxylation is 1. The van der Waals surface area contributed by atoms with Crippen molar-refractivity contribution in [2.75, 3.05) is 20.1 Å². The molecule has 112 valence electrons. The molecule has 2 heterocycles. The van der Waals surface area contributed by atoms with Gasteiger partial charge in [-0.3, -0.25) is 9.58 Å². The van der Waals surface area contributed by atoms with Gasteiger partial charge < -0.3 is 5.32 Å². The molecule has 1 aromatic rings. The zero-order valence-corrected chi connectivity index (χ0v) is 12.9. The van der Waals surface area contributed by atoms with Crippen LogP contribution < -0.4 is 5.32 Å². The molecule has 0 bridgehead atoms. The maximum Gasteiger partial charge on any atom is 0.0537 e. The highest BCUT2D eigenvalue weighted by Crippen LogP contribution is 2.35. The topological polar surface area (TPSA) is 33.1 Å². The van der Waals surface area contributed by atoms with Crippen molar-refractivity contribution < 1.29 is 0 Å². The third-order valence-corrected chi connectivity index (χ3v) is 4.70. The lowest BCUT2D eigenvalue weighted by Crippen LogP contribution is -2.40. The van der Waals surface area contributed by atoms with Crippen LogP contribution in [0.25, 0.3) is 0 Å². The van der Waals surface area contributed by atoms with Crippen molar-refractivity contribution in [1.29, 1.82) is 0 Å². The second kappa shape index (κ2) is 6.27. The van der Waals surface area contributed by atoms with Crippen LogP contribution in [0.1, 0.15) is 50.6 Å². The maximum atomic E-state index is 4.53. The van der Waals surface area contributed by atoms with E-state index in [2.05, 4.69) is 46.4 Å². The van der Waals surface area contributed by atoms with Gasteiger partial charge in [0.05, 0.1) is 6.20 Å². The molecule has 2 fully saturated rings. The van der Waals surface area contributed by atoms with Gasteiger partial charge in [0.25, 0.3) is 0 Å². The second-order valence-electron chi connectivity index (χ2n) is 6.55. The van der Waals surface area contributed by atoms with Crippen molar-refractivity contribution >= 4 is 0 Å². The molecule has 2 unspecified atom stereocenters. The van der Waals surface area contributed by atoms with Crippen LogP contribution in [0.2, 0.25) is 0 Å². The van der Waals surface area contributed by atoms with E-state index in [1.165, 1.54) is 44.3 Å². The molecule has 0 spiro atoms. The lowest BCUT2D eigenvalue weighted by atomic mass is 9.86. The van der Waals surface area contributed by atoms with E-state index < -0.39 is 0 Å². The fourth-order valence-corrected chi connectivity index (χ4v) is 3.49. The van der Waals surface area contributed by atoms with Gasteiger partial charge in [-0.1, -0.05) is 6.92 Å². The van der Waals surface area contributed by atoms with E-state index in [4.69, 9.17) is 0 Å². The number of nitrogens with one attached hydrogen (secondary N) is 1. The highest BCUT2D eigenvalue weighted by molar-refractivity contribution is 5.13. The molecule has 1 aliphatic heterocycles. The van der Waals surface area contributed by atoms with Crippen molar-refractivity contribution in [3.8, 4) is 0 Å². The van der Waals surface area contributed by atoms with Gasteiger partial charge in [0, 0.05) is 36.9 Å². The Kier molecular flexibility index (Phi) is 4.41. The van der Waals surface area contributed by atoms with E-state index in [0.29, 0.717) is 6.04 Å². The fourth-order valence-electron chi connectivity index (χ4n) is 3.49. The molecule has 0 amide bonds. The quantitative estimate of drug-likeness (QED) is 0.866. The number of rotatable bonds is 6. The van der Waals surface area contributed by atoms with Gasteiger partial charge in [0.1, 0.15) is 0 Å². The molecule has 1 saturated heterocycles. The maximum absolute atomic E-state index is 4.53. The molecule has 1 aromatic heterocycles. The lowest BCUT2D eigenvalue weighted by Gasteiger charge is -2.39. The number of piperidine rings is 1. The lowest BCUT2D eigenvalue weighted by molar-refractivity contribution is 0.119. The second-order valence-corrected chi connectivity index (χ2v) is 6.55. The summed E-state index contributed by atoms with van der Waals surface area (Å²) in [5, 5.41) is 8.25. The summed E-state index contributed by atoms with van der Waals surface area (Å²) in [6, 6.07) is 1.35. The number of aromatic nitrogens is 2. The summed E-state index contributed by atoms with van der Waals surface area (Å²) in [7, 11) is 2.27. The van der Waals surface area contributed by atoms with Crippen LogP contribution in [-0.4, -0.2) is 40.9 Å². The molecular formula is C16H28N4. The van der Waals surface area contributed by atoms with E-state index in [-0.39, 0.29) is 0 Å². The van der Waals surface area contributed by atoms with Crippen molar-refractivity contribution in [3.05, 3.63) is 18.0 Å². The number of nitrogens with zero attached hydrogens (tertiary/aromatic N) is 3. The van der Waals surface area contributed by atoms with Crippen LogP contribution in [0.4, 0.5) is 0 Å². The molecule has 3 rings (SSSR count). The van der Waals surface area contributed by atoms with E-state index in [0.717, 1.165) is 24.9 Å². The van der Waals surface area contributed by atoms with E-state index in [1.54, 1.807) is 0 Å². The Bertz CT molecular complexity index is 424. The third-order valence-electron chi connectivity index (χ3n) is 4.70. The minimum Gasteiger partial charge on any atom is -0.314 e. The number of likely N-dealkylation sites (tertiary alicyclic amines) is 1. The molecule has 2 aliphatic rings. The molecule has 4 heteroatoms. The Morgan fingerprint density at radius 1 is 1.35 bits per heavy atom. The summed E-state index contributed by atoms with van der Waals surface area (Å²) >= 11 is 0. The van der Waals surface area contributed by atoms with Crippen LogP contribution >= 0.6 is 0 Å². The van der Waals surface area contributed by atoms with Crippen LogP contribution in [0.5, 0.6) is 0 Å². The first-order valence-electron chi connectivity index (χ1n) is 8.24. The van der Waals surface area contributed by atoms with Crippen molar-refractivity contribution in [1.82, 2.24) is 20.0 Å². The number of hydrogen-bond donors (Lipinski definition) is 1. The predicted octanol–water partition coefficient (Wildman–Crippen LogP) is 2.43. The summed E-state index contributed by atoms with van der Waals surface area (Å²) in [6.07, 6.45) is 10.9. The van der Waals surface area contributed by atoms with Gasteiger partial charge in [-0.15, -0.1) is 0 Å². The Morgan fingerprint density at radius 3 is 2.95 bits per heavy atom. The van der Waals surface area contributed by atoms with Crippen LogP contribution in [-0.2, 0) is 6.54 Å². The molecule has 1 saturated carbocycles. The first-order chi connectivity index (χ1) is 9.78. The fraction of sp³-hybridized carbons (Fsp3) is 0.812. The smallest absolute Gasteiger partial charge is 0.0537 e. The summed E-state index contributed by atoms with van der Waals surface area (Å²) in [5.41, 5.74) is 1.41. The molecule has 2 atom stereocenters. The summed E-state index contributed by atoms with van der Waals surface area (Å²) in [4.78, 5) is 2.52. The van der Waals surface area contributed by atoms with Gasteiger partial charge in [-0.05, 0) is 51.6 Å². The van der Waals surface area contributed by atoms with Gasteiger partial charge in [-0.2, -0.15) is 5.10 Å². The van der Waals surface area contributed by atoms with E-state index in [9.17, 15) is 0 Å². The van der Waals surface area contributed by atoms with Crippen molar-refractivity contribution in [2.45, 2.75) is 57.7 Å². The van der Waals surface area contributed by atoms with Gasteiger partial charge in [-0.25, -0.2) is 0 Å². The average Bonchev–Trinajstić information content (AvgIpc) is 3.16. The normalized spacial score (nSPS) is 27.9.